The van der Waals surface area contributed by atoms with Crippen molar-refractivity contribution in [1.82, 2.24) is 9.97 Å². The van der Waals surface area contributed by atoms with Gasteiger partial charge in [0.05, 0.1) is 11.4 Å². The maximum atomic E-state index is 6.66. The van der Waals surface area contributed by atoms with Crippen molar-refractivity contribution in [3.63, 3.8) is 0 Å². The predicted molar refractivity (Wildman–Crippen MR) is 190 cm³/mol. The van der Waals surface area contributed by atoms with Gasteiger partial charge in [-0.15, -0.1) is 0 Å². The highest BCUT2D eigenvalue weighted by atomic mass is 16.5. The molecule has 0 unspecified atom stereocenters. The molecule has 9 rings (SSSR count). The van der Waals surface area contributed by atoms with Crippen molar-refractivity contribution >= 4 is 0 Å². The molecular weight excluding hydrogens is 572 g/mol. The monoisotopic (exact) mass is 616 g/mol. The molecule has 0 N–H and O–H groups in total. The summed E-state index contributed by atoms with van der Waals surface area (Å²) >= 11 is 0. The quantitative estimate of drug-likeness (QED) is 0.197. The topological polar surface area (TPSA) is 35.0 Å². The lowest BCUT2D eigenvalue weighted by molar-refractivity contribution is 0.114. The molecule has 0 atom stereocenters. The molecule has 3 heteroatoms. The van der Waals surface area contributed by atoms with Crippen LogP contribution >= 0.6 is 0 Å². The maximum Gasteiger partial charge on any atom is 0.219 e. The number of rotatable bonds is 5. The van der Waals surface area contributed by atoms with Crippen LogP contribution in [0.5, 0.6) is 11.6 Å². The number of hydrogen-bond donors (Lipinski definition) is 0. The van der Waals surface area contributed by atoms with Crippen molar-refractivity contribution in [3.8, 4) is 34.1 Å². The summed E-state index contributed by atoms with van der Waals surface area (Å²) in [6.45, 7) is 0. The molecule has 4 aliphatic carbocycles. The van der Waals surface area contributed by atoms with Crippen molar-refractivity contribution in [3.05, 3.63) is 131 Å². The second-order valence-corrected chi connectivity index (χ2v) is 15.2. The Hall–Kier alpha value is -4.24. The summed E-state index contributed by atoms with van der Waals surface area (Å²) in [5.41, 5.74) is 12.5. The van der Waals surface area contributed by atoms with Crippen LogP contribution in [-0.2, 0) is 25.7 Å². The molecule has 2 saturated carbocycles. The van der Waals surface area contributed by atoms with Gasteiger partial charge in [-0.25, -0.2) is 4.98 Å². The molecule has 0 saturated heterocycles. The minimum absolute atomic E-state index is 0.266. The fraction of sp³-hybridized carbons (Fsp3) is 0.364. The highest BCUT2D eigenvalue weighted by molar-refractivity contribution is 5.67. The lowest BCUT2D eigenvalue weighted by Gasteiger charge is -2.43. The van der Waals surface area contributed by atoms with Gasteiger partial charge in [0.15, 0.2) is 0 Å². The van der Waals surface area contributed by atoms with Crippen LogP contribution in [0.3, 0.4) is 0 Å². The Morgan fingerprint density at radius 1 is 0.596 bits per heavy atom. The molecule has 2 heterocycles. The Kier molecular flexibility index (Phi) is 7.25. The maximum absolute atomic E-state index is 6.66. The molecule has 3 aromatic carbocycles. The van der Waals surface area contributed by atoms with Gasteiger partial charge in [-0.2, -0.15) is 0 Å². The Balaban J connectivity index is 0.998. The lowest BCUT2D eigenvalue weighted by atomic mass is 9.62. The fourth-order valence-electron chi connectivity index (χ4n) is 9.78. The number of pyridine rings is 2. The number of nitrogens with zero attached hydrogens (tertiary/aromatic N) is 2. The van der Waals surface area contributed by atoms with Crippen molar-refractivity contribution < 1.29 is 4.74 Å². The second-order valence-electron chi connectivity index (χ2n) is 15.2. The van der Waals surface area contributed by atoms with Crippen LogP contribution in [-0.4, -0.2) is 9.97 Å². The van der Waals surface area contributed by atoms with E-state index in [0.29, 0.717) is 17.2 Å². The summed E-state index contributed by atoms with van der Waals surface area (Å²) in [6.07, 6.45) is 18.9. The van der Waals surface area contributed by atoms with E-state index in [-0.39, 0.29) is 5.41 Å². The molecule has 5 aromatic rings. The number of hydrogen-bond acceptors (Lipinski definition) is 3. The Labute approximate surface area is 279 Å². The van der Waals surface area contributed by atoms with E-state index in [1.54, 1.807) is 0 Å². The third kappa shape index (κ3) is 5.58. The fourth-order valence-corrected chi connectivity index (χ4v) is 9.78. The van der Waals surface area contributed by atoms with Gasteiger partial charge in [-0.05, 0) is 144 Å². The van der Waals surface area contributed by atoms with E-state index in [9.17, 15) is 0 Å². The summed E-state index contributed by atoms with van der Waals surface area (Å²) < 4.78 is 6.66. The average Bonchev–Trinajstić information content (AvgIpc) is 3.67. The molecular formula is C44H44N2O. The van der Waals surface area contributed by atoms with E-state index in [1.165, 1.54) is 96.7 Å². The third-order valence-corrected chi connectivity index (χ3v) is 12.2. The number of aromatic nitrogens is 2. The van der Waals surface area contributed by atoms with Crippen LogP contribution in [0.1, 0.15) is 91.5 Å². The van der Waals surface area contributed by atoms with E-state index in [4.69, 9.17) is 14.7 Å². The molecule has 0 radical (unpaired) electrons. The average molecular weight is 617 g/mol. The first-order valence-corrected chi connectivity index (χ1v) is 18.0. The van der Waals surface area contributed by atoms with Gasteiger partial charge in [0.1, 0.15) is 5.75 Å². The van der Waals surface area contributed by atoms with Crippen LogP contribution in [0.15, 0.2) is 103 Å². The molecule has 0 bridgehead atoms. The lowest BCUT2D eigenvalue weighted by Crippen LogP contribution is -2.29. The Morgan fingerprint density at radius 2 is 1.34 bits per heavy atom. The molecule has 236 valence electrons. The van der Waals surface area contributed by atoms with Gasteiger partial charge in [-0.1, -0.05) is 86.0 Å². The van der Waals surface area contributed by atoms with Crippen LogP contribution in [0.25, 0.3) is 22.5 Å². The van der Waals surface area contributed by atoms with Crippen LogP contribution in [0, 0.1) is 10.8 Å². The molecule has 4 aliphatic rings. The molecule has 2 spiro atoms. The van der Waals surface area contributed by atoms with E-state index < -0.39 is 0 Å². The molecule has 47 heavy (non-hydrogen) atoms. The van der Waals surface area contributed by atoms with Crippen LogP contribution in [0.4, 0.5) is 0 Å². The molecule has 3 nitrogen and oxygen atoms in total. The standard InChI is InChI=1S/C44H44N2O/c1-3-10-31(11-4-1)36-24-37(32-16-21-43(22-17-32)19-7-2-8-20-43)26-38(25-36)47-41-15-9-14-40(46-41)42-39-30-44(29-35(39)18-23-45-42)27-33-12-5-6-13-34(33)28-44/h1,3-6,9-15,18,23-26,32H,2,7-8,16-17,19-22,27-30H2. The van der Waals surface area contributed by atoms with Crippen molar-refractivity contribution in [2.45, 2.75) is 89.4 Å². The van der Waals surface area contributed by atoms with Crippen LogP contribution < -0.4 is 4.74 Å². The van der Waals surface area contributed by atoms with Gasteiger partial charge in [0, 0.05) is 12.3 Å². The highest BCUT2D eigenvalue weighted by Gasteiger charge is 2.43. The van der Waals surface area contributed by atoms with E-state index in [1.807, 2.05) is 12.3 Å². The molecule has 0 aliphatic heterocycles. The first-order valence-electron chi connectivity index (χ1n) is 18.0. The normalized spacial score (nSPS) is 19.5. The Morgan fingerprint density at radius 3 is 2.13 bits per heavy atom. The van der Waals surface area contributed by atoms with Crippen molar-refractivity contribution in [2.24, 2.45) is 10.8 Å². The molecule has 0 amide bonds. The predicted octanol–water partition coefficient (Wildman–Crippen LogP) is 11.1. The van der Waals surface area contributed by atoms with Gasteiger partial charge >= 0.3 is 0 Å². The van der Waals surface area contributed by atoms with E-state index in [2.05, 4.69) is 91.0 Å². The smallest absolute Gasteiger partial charge is 0.219 e. The van der Waals surface area contributed by atoms with Gasteiger partial charge < -0.3 is 4.74 Å². The zero-order valence-electron chi connectivity index (χ0n) is 27.4. The minimum atomic E-state index is 0.266. The third-order valence-electron chi connectivity index (χ3n) is 12.2. The Bertz CT molecular complexity index is 1890. The summed E-state index contributed by atoms with van der Waals surface area (Å²) in [5.74, 6) is 2.08. The van der Waals surface area contributed by atoms with E-state index >= 15 is 0 Å². The van der Waals surface area contributed by atoms with Gasteiger partial charge in [-0.3, -0.25) is 4.98 Å². The zero-order valence-corrected chi connectivity index (χ0v) is 27.4. The SMILES string of the molecule is c1ccc(-c2cc(Oc3cccc(-c4nccc5c4CC4(Cc6ccccc6C4)C5)n3)cc(C3CCC4(CCCCC4)CC3)c2)cc1. The summed E-state index contributed by atoms with van der Waals surface area (Å²) in [4.78, 5) is 10.0. The van der Waals surface area contributed by atoms with Crippen molar-refractivity contribution in [2.75, 3.05) is 0 Å². The largest absolute Gasteiger partial charge is 0.439 e. The molecule has 2 fully saturated rings. The molecule has 2 aromatic heterocycles. The van der Waals surface area contributed by atoms with Gasteiger partial charge in [0.2, 0.25) is 5.88 Å². The number of benzene rings is 3. The second kappa shape index (κ2) is 11.8. The first-order chi connectivity index (χ1) is 23.1. The summed E-state index contributed by atoms with van der Waals surface area (Å²) in [7, 11) is 0. The number of ether oxygens (including phenoxy) is 1. The number of fused-ring (bicyclic) bond motifs is 2. The summed E-state index contributed by atoms with van der Waals surface area (Å²) in [5, 5.41) is 0. The zero-order chi connectivity index (χ0) is 31.3. The minimum Gasteiger partial charge on any atom is -0.439 e. The van der Waals surface area contributed by atoms with Crippen LogP contribution in [0.2, 0.25) is 0 Å². The van der Waals surface area contributed by atoms with E-state index in [0.717, 1.165) is 42.8 Å². The highest BCUT2D eigenvalue weighted by Crippen LogP contribution is 2.52. The van der Waals surface area contributed by atoms with Crippen molar-refractivity contribution in [1.29, 1.82) is 0 Å². The van der Waals surface area contributed by atoms with Gasteiger partial charge in [0.25, 0.3) is 0 Å². The summed E-state index contributed by atoms with van der Waals surface area (Å²) in [6, 6.07) is 35.0. The first kappa shape index (κ1) is 28.9.